The van der Waals surface area contributed by atoms with Crippen LogP contribution in [0.3, 0.4) is 0 Å². The van der Waals surface area contributed by atoms with E-state index in [9.17, 15) is 13.2 Å². The molecular weight excluding hydrogens is 267 g/mol. The van der Waals surface area contributed by atoms with Crippen LogP contribution in [0.25, 0.3) is 0 Å². The van der Waals surface area contributed by atoms with Crippen LogP contribution >= 0.6 is 0 Å². The molecule has 0 fully saturated rings. The van der Waals surface area contributed by atoms with Crippen molar-refractivity contribution in [2.75, 3.05) is 6.54 Å². The first-order chi connectivity index (χ1) is 9.49. The van der Waals surface area contributed by atoms with Crippen molar-refractivity contribution in [3.8, 4) is 11.8 Å². The predicted octanol–water partition coefficient (Wildman–Crippen LogP) is 2.26. The van der Waals surface area contributed by atoms with Crippen molar-refractivity contribution in [1.82, 2.24) is 9.78 Å². The van der Waals surface area contributed by atoms with Gasteiger partial charge in [0.1, 0.15) is 0 Å². The third-order valence-electron chi connectivity index (χ3n) is 2.56. The highest BCUT2D eigenvalue weighted by Gasteiger charge is 2.33. The Morgan fingerprint density at radius 1 is 1.15 bits per heavy atom. The fourth-order valence-corrected chi connectivity index (χ4v) is 1.63. The van der Waals surface area contributed by atoms with E-state index in [0.29, 0.717) is 0 Å². The topological polar surface area (TPSA) is 43.8 Å². The Labute approximate surface area is 114 Å². The van der Waals surface area contributed by atoms with Crippen molar-refractivity contribution in [3.63, 3.8) is 0 Å². The molecule has 6 heteroatoms. The molecule has 1 aromatic carbocycles. The number of alkyl halides is 3. The first-order valence-electron chi connectivity index (χ1n) is 5.87. The number of benzene rings is 1. The first-order valence-corrected chi connectivity index (χ1v) is 5.87. The lowest BCUT2D eigenvalue weighted by Gasteiger charge is -2.03. The summed E-state index contributed by atoms with van der Waals surface area (Å²) in [7, 11) is 0. The minimum absolute atomic E-state index is 0.278. The van der Waals surface area contributed by atoms with Crippen LogP contribution < -0.4 is 5.73 Å². The summed E-state index contributed by atoms with van der Waals surface area (Å²) in [6, 6.07) is 8.16. The van der Waals surface area contributed by atoms with Gasteiger partial charge in [0.2, 0.25) is 0 Å². The van der Waals surface area contributed by atoms with Crippen LogP contribution in [0, 0.1) is 11.8 Å². The number of hydrogen-bond donors (Lipinski definition) is 1. The van der Waals surface area contributed by atoms with Gasteiger partial charge in [-0.25, -0.2) is 0 Å². The van der Waals surface area contributed by atoms with Crippen LogP contribution in [0.2, 0.25) is 0 Å². The number of halogens is 3. The Hall–Kier alpha value is -2.26. The van der Waals surface area contributed by atoms with Crippen LogP contribution in [0.15, 0.2) is 36.5 Å². The highest BCUT2D eigenvalue weighted by Crippen LogP contribution is 2.27. The maximum absolute atomic E-state index is 12.4. The quantitative estimate of drug-likeness (QED) is 0.857. The van der Waals surface area contributed by atoms with Crippen molar-refractivity contribution in [3.05, 3.63) is 53.3 Å². The Bertz CT molecular complexity index is 630. The zero-order valence-corrected chi connectivity index (χ0v) is 10.5. The van der Waals surface area contributed by atoms with E-state index in [0.717, 1.165) is 17.2 Å². The monoisotopic (exact) mass is 279 g/mol. The van der Waals surface area contributed by atoms with Gasteiger partial charge in [-0.3, -0.25) is 4.68 Å². The SMILES string of the molecule is NCC#Cc1ccc(Cn2ccc(C(F)(F)F)n2)cc1. The molecule has 20 heavy (non-hydrogen) atoms. The number of nitrogens with zero attached hydrogens (tertiary/aromatic N) is 2. The van der Waals surface area contributed by atoms with E-state index in [4.69, 9.17) is 5.73 Å². The largest absolute Gasteiger partial charge is 0.435 e. The van der Waals surface area contributed by atoms with E-state index >= 15 is 0 Å². The molecule has 0 aliphatic carbocycles. The highest BCUT2D eigenvalue weighted by molar-refractivity contribution is 5.36. The summed E-state index contributed by atoms with van der Waals surface area (Å²) in [6.07, 6.45) is -3.10. The molecule has 3 nitrogen and oxygen atoms in total. The minimum Gasteiger partial charge on any atom is -0.320 e. The summed E-state index contributed by atoms with van der Waals surface area (Å²) >= 11 is 0. The second-order valence-electron chi connectivity index (χ2n) is 4.10. The van der Waals surface area contributed by atoms with Crippen LogP contribution in [0.4, 0.5) is 13.2 Å². The second-order valence-corrected chi connectivity index (χ2v) is 4.10. The number of nitrogens with two attached hydrogens (primary N) is 1. The van der Waals surface area contributed by atoms with Crippen LogP contribution in [0.1, 0.15) is 16.8 Å². The van der Waals surface area contributed by atoms with Gasteiger partial charge in [0.05, 0.1) is 13.1 Å². The lowest BCUT2D eigenvalue weighted by Crippen LogP contribution is -2.08. The molecule has 2 N–H and O–H groups in total. The average Bonchev–Trinajstić information content (AvgIpc) is 2.86. The van der Waals surface area contributed by atoms with Gasteiger partial charge >= 0.3 is 6.18 Å². The van der Waals surface area contributed by atoms with Crippen molar-refractivity contribution in [1.29, 1.82) is 0 Å². The molecule has 0 aliphatic heterocycles. The Morgan fingerprint density at radius 2 is 1.85 bits per heavy atom. The zero-order chi connectivity index (χ0) is 14.6. The van der Waals surface area contributed by atoms with Crippen molar-refractivity contribution in [2.24, 2.45) is 5.73 Å². The van der Waals surface area contributed by atoms with Gasteiger partial charge in [0.25, 0.3) is 0 Å². The summed E-state index contributed by atoms with van der Waals surface area (Å²) in [4.78, 5) is 0. The third-order valence-corrected chi connectivity index (χ3v) is 2.56. The van der Waals surface area contributed by atoms with Crippen molar-refractivity contribution in [2.45, 2.75) is 12.7 Å². The Balaban J connectivity index is 2.08. The smallest absolute Gasteiger partial charge is 0.320 e. The summed E-state index contributed by atoms with van der Waals surface area (Å²) in [5, 5.41) is 3.50. The summed E-state index contributed by atoms with van der Waals surface area (Å²) in [5.74, 6) is 5.60. The normalized spacial score (nSPS) is 11.0. The van der Waals surface area contributed by atoms with Gasteiger partial charge in [-0.15, -0.1) is 0 Å². The van der Waals surface area contributed by atoms with E-state index < -0.39 is 11.9 Å². The van der Waals surface area contributed by atoms with E-state index in [1.807, 2.05) is 0 Å². The lowest BCUT2D eigenvalue weighted by molar-refractivity contribution is -0.141. The van der Waals surface area contributed by atoms with E-state index in [2.05, 4.69) is 16.9 Å². The number of aromatic nitrogens is 2. The van der Waals surface area contributed by atoms with Gasteiger partial charge in [0.15, 0.2) is 5.69 Å². The molecule has 0 saturated carbocycles. The van der Waals surface area contributed by atoms with Crippen molar-refractivity contribution < 1.29 is 13.2 Å². The minimum atomic E-state index is -4.41. The predicted molar refractivity (Wildman–Crippen MR) is 68.7 cm³/mol. The molecule has 0 bridgehead atoms. The van der Waals surface area contributed by atoms with Gasteiger partial charge in [0, 0.05) is 11.8 Å². The molecule has 0 radical (unpaired) electrons. The lowest BCUT2D eigenvalue weighted by atomic mass is 10.1. The average molecular weight is 279 g/mol. The molecule has 2 aromatic rings. The molecule has 0 atom stereocenters. The first kappa shape index (κ1) is 14.2. The fourth-order valence-electron chi connectivity index (χ4n) is 1.63. The Morgan fingerprint density at radius 3 is 2.40 bits per heavy atom. The number of rotatable bonds is 2. The number of hydrogen-bond acceptors (Lipinski definition) is 2. The molecule has 1 aromatic heterocycles. The summed E-state index contributed by atoms with van der Waals surface area (Å²) < 4.78 is 38.5. The van der Waals surface area contributed by atoms with Gasteiger partial charge < -0.3 is 5.73 Å². The molecule has 0 unspecified atom stereocenters. The van der Waals surface area contributed by atoms with Crippen LogP contribution in [-0.4, -0.2) is 16.3 Å². The highest BCUT2D eigenvalue weighted by atomic mass is 19.4. The van der Waals surface area contributed by atoms with Gasteiger partial charge in [-0.05, 0) is 23.8 Å². The molecule has 104 valence electrons. The Kier molecular flexibility index (Phi) is 4.11. The molecule has 2 rings (SSSR count). The molecule has 0 saturated heterocycles. The second kappa shape index (κ2) is 5.80. The standard InChI is InChI=1S/C14H12F3N3/c15-14(16,17)13-7-9-20(19-13)10-12-5-3-11(4-6-12)2-1-8-18/h3-7,9H,8,10,18H2. The molecule has 0 spiro atoms. The summed E-state index contributed by atoms with van der Waals surface area (Å²) in [5.41, 5.74) is 6.05. The molecule has 0 amide bonds. The molecular formula is C14H12F3N3. The maximum Gasteiger partial charge on any atom is 0.435 e. The van der Waals surface area contributed by atoms with Gasteiger partial charge in [-0.2, -0.15) is 18.3 Å². The maximum atomic E-state index is 12.4. The molecule has 0 aliphatic rings. The van der Waals surface area contributed by atoms with E-state index in [1.54, 1.807) is 24.3 Å². The fraction of sp³-hybridized carbons (Fsp3) is 0.214. The summed E-state index contributed by atoms with van der Waals surface area (Å²) in [6.45, 7) is 0.565. The van der Waals surface area contributed by atoms with Gasteiger partial charge in [-0.1, -0.05) is 24.0 Å². The van der Waals surface area contributed by atoms with Crippen molar-refractivity contribution >= 4 is 0 Å². The van der Waals surface area contributed by atoms with Crippen LogP contribution in [-0.2, 0) is 12.7 Å². The van der Waals surface area contributed by atoms with E-state index in [-0.39, 0.29) is 13.1 Å². The third kappa shape index (κ3) is 3.62. The zero-order valence-electron chi connectivity index (χ0n) is 10.5. The molecule has 1 heterocycles. The van der Waals surface area contributed by atoms with E-state index in [1.165, 1.54) is 10.9 Å². The van der Waals surface area contributed by atoms with Crippen LogP contribution in [0.5, 0.6) is 0 Å².